The van der Waals surface area contributed by atoms with Crippen LogP contribution in [0.3, 0.4) is 0 Å². The van der Waals surface area contributed by atoms with Crippen LogP contribution in [0.1, 0.15) is 36.1 Å². The Hall–Kier alpha value is -1.33. The number of benzene rings is 1. The van der Waals surface area contributed by atoms with E-state index in [9.17, 15) is 0 Å². The highest BCUT2D eigenvalue weighted by Crippen LogP contribution is 2.17. The maximum atomic E-state index is 9.03. The van der Waals surface area contributed by atoms with Crippen molar-refractivity contribution in [1.29, 1.82) is 5.26 Å². The van der Waals surface area contributed by atoms with Crippen molar-refractivity contribution in [2.75, 3.05) is 13.1 Å². The van der Waals surface area contributed by atoms with Gasteiger partial charge in [-0.25, -0.2) is 0 Å². The van der Waals surface area contributed by atoms with Gasteiger partial charge in [-0.15, -0.1) is 0 Å². The second kappa shape index (κ2) is 7.31. The normalized spacial score (nSPS) is 12.5. The Morgan fingerprint density at radius 2 is 1.84 bits per heavy atom. The van der Waals surface area contributed by atoms with Crippen LogP contribution in [0.15, 0.2) is 12.1 Å². The number of hydrogen-bond donors (Lipinski definition) is 1. The van der Waals surface area contributed by atoms with Crippen LogP contribution in [0.25, 0.3) is 0 Å². The molecule has 1 rings (SSSR count). The van der Waals surface area contributed by atoms with E-state index in [-0.39, 0.29) is 5.92 Å². The summed E-state index contributed by atoms with van der Waals surface area (Å²) in [6, 6.07) is 6.79. The summed E-state index contributed by atoms with van der Waals surface area (Å²) in [5.74, 6) is 0.529. The van der Waals surface area contributed by atoms with Crippen LogP contribution in [0.4, 0.5) is 0 Å². The molecule has 0 saturated carbocycles. The Morgan fingerprint density at radius 1 is 1.16 bits per heavy atom. The topological polar surface area (TPSA) is 35.8 Å². The van der Waals surface area contributed by atoms with Crippen molar-refractivity contribution < 1.29 is 0 Å². The Balaban J connectivity index is 2.47. The van der Waals surface area contributed by atoms with E-state index >= 15 is 0 Å². The van der Waals surface area contributed by atoms with Gasteiger partial charge in [-0.3, -0.25) is 0 Å². The van der Waals surface area contributed by atoms with Gasteiger partial charge in [-0.1, -0.05) is 26.0 Å². The Morgan fingerprint density at radius 3 is 2.42 bits per heavy atom. The minimum atomic E-state index is 0.112. The fourth-order valence-corrected chi connectivity index (χ4v) is 2.19. The highest BCUT2D eigenvalue weighted by atomic mass is 14.9. The smallest absolute Gasteiger partial charge is 0.0671 e. The summed E-state index contributed by atoms with van der Waals surface area (Å²) in [5, 5.41) is 12.4. The molecule has 1 aromatic carbocycles. The summed E-state index contributed by atoms with van der Waals surface area (Å²) in [5.41, 5.74) is 5.57. The molecule has 0 fully saturated rings. The summed E-state index contributed by atoms with van der Waals surface area (Å²) in [7, 11) is 0. The predicted molar refractivity (Wildman–Crippen MR) is 81.2 cm³/mol. The number of hydrogen-bond acceptors (Lipinski definition) is 2. The Kier molecular flexibility index (Phi) is 6.05. The van der Waals surface area contributed by atoms with Gasteiger partial charge in [0.1, 0.15) is 0 Å². The Labute approximate surface area is 117 Å². The summed E-state index contributed by atoms with van der Waals surface area (Å²) >= 11 is 0. The van der Waals surface area contributed by atoms with E-state index in [1.54, 1.807) is 0 Å². The molecule has 2 nitrogen and oxygen atoms in total. The number of aryl methyl sites for hydroxylation is 1. The molecule has 19 heavy (non-hydrogen) atoms. The Bertz CT molecular complexity index is 455. The lowest BCUT2D eigenvalue weighted by Crippen LogP contribution is -2.27. The van der Waals surface area contributed by atoms with Crippen LogP contribution in [0, 0.1) is 43.9 Å². The van der Waals surface area contributed by atoms with Crippen LogP contribution >= 0.6 is 0 Å². The molecule has 104 valence electrons. The maximum Gasteiger partial charge on any atom is 0.0671 e. The molecular formula is C17H26N2. The number of rotatable bonds is 6. The van der Waals surface area contributed by atoms with Crippen LogP contribution in [0.2, 0.25) is 0 Å². The van der Waals surface area contributed by atoms with Crippen molar-refractivity contribution in [3.05, 3.63) is 34.4 Å². The molecule has 0 aliphatic rings. The molecule has 1 atom stereocenters. The number of nitrogens with zero attached hydrogens (tertiary/aromatic N) is 1. The molecule has 0 aromatic heterocycles. The number of nitrogens with one attached hydrogen (secondary N) is 1. The second-order valence-corrected chi connectivity index (χ2v) is 5.73. The quantitative estimate of drug-likeness (QED) is 0.792. The van der Waals surface area contributed by atoms with Gasteiger partial charge in [0.2, 0.25) is 0 Å². The molecule has 0 amide bonds. The van der Waals surface area contributed by atoms with Gasteiger partial charge in [0.25, 0.3) is 0 Å². The molecule has 0 aliphatic heterocycles. The van der Waals surface area contributed by atoms with E-state index in [0.29, 0.717) is 5.92 Å². The van der Waals surface area contributed by atoms with Gasteiger partial charge in [0.05, 0.1) is 12.0 Å². The van der Waals surface area contributed by atoms with E-state index in [2.05, 4.69) is 58.1 Å². The first-order valence-electron chi connectivity index (χ1n) is 7.13. The van der Waals surface area contributed by atoms with Crippen molar-refractivity contribution in [2.45, 2.75) is 41.0 Å². The summed E-state index contributed by atoms with van der Waals surface area (Å²) in [6.45, 7) is 12.5. The van der Waals surface area contributed by atoms with Gasteiger partial charge in [-0.2, -0.15) is 5.26 Å². The maximum absolute atomic E-state index is 9.03. The van der Waals surface area contributed by atoms with Gasteiger partial charge >= 0.3 is 0 Å². The molecule has 1 unspecified atom stereocenters. The van der Waals surface area contributed by atoms with Crippen LogP contribution < -0.4 is 5.32 Å². The first-order valence-corrected chi connectivity index (χ1v) is 7.13. The van der Waals surface area contributed by atoms with Crippen molar-refractivity contribution in [3.63, 3.8) is 0 Å². The van der Waals surface area contributed by atoms with E-state index in [0.717, 1.165) is 19.5 Å². The zero-order valence-corrected chi connectivity index (χ0v) is 12.9. The fourth-order valence-electron chi connectivity index (χ4n) is 2.19. The van der Waals surface area contributed by atoms with E-state index in [1.165, 1.54) is 22.3 Å². The largest absolute Gasteiger partial charge is 0.315 e. The van der Waals surface area contributed by atoms with Gasteiger partial charge in [0.15, 0.2) is 0 Å². The molecule has 0 aliphatic carbocycles. The minimum absolute atomic E-state index is 0.112. The third-order valence-corrected chi connectivity index (χ3v) is 4.08. The highest BCUT2D eigenvalue weighted by molar-refractivity contribution is 5.38. The third kappa shape index (κ3) is 4.36. The van der Waals surface area contributed by atoms with Crippen molar-refractivity contribution in [1.82, 2.24) is 5.32 Å². The lowest BCUT2D eigenvalue weighted by molar-refractivity contribution is 0.444. The molecule has 0 radical (unpaired) electrons. The van der Waals surface area contributed by atoms with E-state index in [1.807, 2.05) is 0 Å². The van der Waals surface area contributed by atoms with Gasteiger partial charge < -0.3 is 5.32 Å². The second-order valence-electron chi connectivity index (χ2n) is 5.73. The summed E-state index contributed by atoms with van der Waals surface area (Å²) in [4.78, 5) is 0. The monoisotopic (exact) mass is 258 g/mol. The third-order valence-electron chi connectivity index (χ3n) is 4.08. The van der Waals surface area contributed by atoms with E-state index < -0.39 is 0 Å². The van der Waals surface area contributed by atoms with E-state index in [4.69, 9.17) is 5.26 Å². The van der Waals surface area contributed by atoms with Gasteiger partial charge in [0, 0.05) is 6.54 Å². The molecule has 1 aromatic rings. The lowest BCUT2D eigenvalue weighted by atomic mass is 9.96. The lowest BCUT2D eigenvalue weighted by Gasteiger charge is -2.15. The average Bonchev–Trinajstić information content (AvgIpc) is 2.38. The van der Waals surface area contributed by atoms with Gasteiger partial charge in [-0.05, 0) is 61.9 Å². The predicted octanol–water partition coefficient (Wildman–Crippen LogP) is 3.54. The molecule has 0 saturated heterocycles. The summed E-state index contributed by atoms with van der Waals surface area (Å²) < 4.78 is 0. The molecule has 0 spiro atoms. The minimum Gasteiger partial charge on any atom is -0.315 e. The molecule has 2 heteroatoms. The highest BCUT2D eigenvalue weighted by Gasteiger charge is 2.11. The zero-order chi connectivity index (χ0) is 14.4. The van der Waals surface area contributed by atoms with Crippen LogP contribution in [0.5, 0.6) is 0 Å². The average molecular weight is 258 g/mol. The SMILES string of the molecule is Cc1ccc(CCNCC(C#N)C(C)C)c(C)c1C. The van der Waals surface area contributed by atoms with Crippen molar-refractivity contribution in [2.24, 2.45) is 11.8 Å². The molecule has 0 bridgehead atoms. The standard InChI is InChI=1S/C17H26N2/c1-12(2)17(10-18)11-19-9-8-16-7-6-13(3)14(4)15(16)5/h6-7,12,17,19H,8-9,11H2,1-5H3. The zero-order valence-electron chi connectivity index (χ0n) is 12.9. The first kappa shape index (κ1) is 15.7. The molecule has 1 N–H and O–H groups in total. The number of nitriles is 1. The summed E-state index contributed by atoms with van der Waals surface area (Å²) in [6.07, 6.45) is 1.03. The first-order chi connectivity index (χ1) is 8.97. The molecule has 0 heterocycles. The fraction of sp³-hybridized carbons (Fsp3) is 0.588. The molecular weight excluding hydrogens is 232 g/mol. The van der Waals surface area contributed by atoms with Crippen LogP contribution in [-0.2, 0) is 6.42 Å². The van der Waals surface area contributed by atoms with Crippen LogP contribution in [-0.4, -0.2) is 13.1 Å². The van der Waals surface area contributed by atoms with Crippen molar-refractivity contribution in [3.8, 4) is 6.07 Å². The van der Waals surface area contributed by atoms with Crippen molar-refractivity contribution >= 4 is 0 Å².